The van der Waals surface area contributed by atoms with Crippen LogP contribution in [0.4, 0.5) is 0 Å². The van der Waals surface area contributed by atoms with Crippen molar-refractivity contribution in [1.82, 2.24) is 0 Å². The first-order valence-electron chi connectivity index (χ1n) is 7.22. The third-order valence-electron chi connectivity index (χ3n) is 3.57. The Kier molecular flexibility index (Phi) is 4.97. The number of rotatable bonds is 5. The van der Waals surface area contributed by atoms with Crippen LogP contribution in [0.2, 0.25) is 0 Å². The Morgan fingerprint density at radius 3 is 2.42 bits per heavy atom. The van der Waals surface area contributed by atoms with E-state index in [1.54, 1.807) is 14.2 Å². The maximum absolute atomic E-state index is 12.4. The highest BCUT2D eigenvalue weighted by Gasteiger charge is 2.20. The molecule has 0 aliphatic rings. The zero-order valence-corrected chi connectivity index (χ0v) is 14.9. The van der Waals surface area contributed by atoms with Crippen LogP contribution in [0.3, 0.4) is 0 Å². The van der Waals surface area contributed by atoms with Crippen LogP contribution >= 0.6 is 24.0 Å². The minimum Gasteiger partial charge on any atom is -0.493 e. The van der Waals surface area contributed by atoms with Crippen LogP contribution in [-0.4, -0.2) is 20.2 Å². The standard InChI is InChI=1S/C18H16O4S2/c1-20-13-8-12-15(9-14(13)21-2)24-17(16(12)23)18(19)22-10-11-6-4-3-5-7-11/h3-9,23H,10H2,1-2H3. The minimum absolute atomic E-state index is 0.230. The van der Waals surface area contributed by atoms with Gasteiger partial charge in [-0.1, -0.05) is 30.3 Å². The molecule has 0 atom stereocenters. The number of thiophene rings is 1. The summed E-state index contributed by atoms with van der Waals surface area (Å²) in [4.78, 5) is 13.5. The first kappa shape index (κ1) is 16.7. The Morgan fingerprint density at radius 1 is 1.08 bits per heavy atom. The van der Waals surface area contributed by atoms with Gasteiger partial charge in [-0.05, 0) is 11.6 Å². The molecule has 24 heavy (non-hydrogen) atoms. The Labute approximate surface area is 149 Å². The lowest BCUT2D eigenvalue weighted by atomic mass is 10.2. The van der Waals surface area contributed by atoms with Crippen LogP contribution in [-0.2, 0) is 11.3 Å². The van der Waals surface area contributed by atoms with E-state index in [4.69, 9.17) is 14.2 Å². The summed E-state index contributed by atoms with van der Waals surface area (Å²) in [5.41, 5.74) is 0.941. The van der Waals surface area contributed by atoms with Gasteiger partial charge in [0.05, 0.1) is 14.2 Å². The van der Waals surface area contributed by atoms with Gasteiger partial charge < -0.3 is 14.2 Å². The Balaban J connectivity index is 1.89. The molecule has 0 saturated heterocycles. The van der Waals surface area contributed by atoms with Crippen molar-refractivity contribution in [2.45, 2.75) is 11.5 Å². The van der Waals surface area contributed by atoms with Gasteiger partial charge in [-0.3, -0.25) is 0 Å². The predicted octanol–water partition coefficient (Wildman–Crippen LogP) is 4.56. The second kappa shape index (κ2) is 7.15. The molecule has 0 radical (unpaired) electrons. The van der Waals surface area contributed by atoms with Gasteiger partial charge in [0.2, 0.25) is 0 Å². The van der Waals surface area contributed by atoms with Crippen LogP contribution in [0.5, 0.6) is 11.5 Å². The van der Waals surface area contributed by atoms with Gasteiger partial charge in [0.25, 0.3) is 0 Å². The molecular formula is C18H16O4S2. The van der Waals surface area contributed by atoms with E-state index in [9.17, 15) is 4.79 Å². The van der Waals surface area contributed by atoms with E-state index >= 15 is 0 Å². The smallest absolute Gasteiger partial charge is 0.349 e. The van der Waals surface area contributed by atoms with Crippen LogP contribution in [0.25, 0.3) is 10.1 Å². The van der Waals surface area contributed by atoms with E-state index in [0.717, 1.165) is 15.6 Å². The van der Waals surface area contributed by atoms with E-state index in [1.807, 2.05) is 42.5 Å². The predicted molar refractivity (Wildman–Crippen MR) is 97.7 cm³/mol. The monoisotopic (exact) mass is 360 g/mol. The van der Waals surface area contributed by atoms with Crippen LogP contribution in [0, 0.1) is 0 Å². The van der Waals surface area contributed by atoms with E-state index in [1.165, 1.54) is 11.3 Å². The molecule has 0 aliphatic carbocycles. The molecule has 0 saturated carbocycles. The second-order valence-electron chi connectivity index (χ2n) is 5.04. The van der Waals surface area contributed by atoms with Gasteiger partial charge in [-0.15, -0.1) is 24.0 Å². The third-order valence-corrected chi connectivity index (χ3v) is 5.31. The molecule has 2 aromatic carbocycles. The number of thiol groups is 1. The summed E-state index contributed by atoms with van der Waals surface area (Å²) < 4.78 is 16.9. The molecular weight excluding hydrogens is 344 g/mol. The van der Waals surface area contributed by atoms with Crippen molar-refractivity contribution in [2.75, 3.05) is 14.2 Å². The molecule has 6 heteroatoms. The topological polar surface area (TPSA) is 44.8 Å². The first-order chi connectivity index (χ1) is 11.6. The quantitative estimate of drug-likeness (QED) is 0.535. The fraction of sp³-hybridized carbons (Fsp3) is 0.167. The van der Waals surface area contributed by atoms with Gasteiger partial charge in [-0.25, -0.2) is 4.79 Å². The van der Waals surface area contributed by atoms with Crippen molar-refractivity contribution >= 4 is 40.0 Å². The summed E-state index contributed by atoms with van der Waals surface area (Å²) in [7, 11) is 3.15. The average Bonchev–Trinajstić information content (AvgIpc) is 2.95. The Bertz CT molecular complexity index is 872. The summed E-state index contributed by atoms with van der Waals surface area (Å²) in [6, 6.07) is 13.2. The maximum Gasteiger partial charge on any atom is 0.349 e. The normalized spacial score (nSPS) is 10.6. The Hall–Kier alpha value is -2.18. The van der Waals surface area contributed by atoms with Crippen molar-refractivity contribution in [1.29, 1.82) is 0 Å². The average molecular weight is 360 g/mol. The molecule has 0 spiro atoms. The lowest BCUT2D eigenvalue weighted by Gasteiger charge is -2.07. The fourth-order valence-electron chi connectivity index (χ4n) is 2.34. The van der Waals surface area contributed by atoms with Crippen molar-refractivity contribution < 1.29 is 19.0 Å². The second-order valence-corrected chi connectivity index (χ2v) is 6.54. The molecule has 0 bridgehead atoms. The molecule has 0 unspecified atom stereocenters. The molecule has 4 nitrogen and oxygen atoms in total. The van der Waals surface area contributed by atoms with E-state index in [2.05, 4.69) is 12.6 Å². The summed E-state index contributed by atoms with van der Waals surface area (Å²) in [6.07, 6.45) is 0. The largest absolute Gasteiger partial charge is 0.493 e. The van der Waals surface area contributed by atoms with E-state index in [-0.39, 0.29) is 12.6 Å². The summed E-state index contributed by atoms with van der Waals surface area (Å²) in [5.74, 6) is 0.828. The Morgan fingerprint density at radius 2 is 1.75 bits per heavy atom. The van der Waals surface area contributed by atoms with Gasteiger partial charge in [0.15, 0.2) is 11.5 Å². The molecule has 0 amide bonds. The zero-order valence-electron chi connectivity index (χ0n) is 13.2. The summed E-state index contributed by atoms with van der Waals surface area (Å²) >= 11 is 5.83. The lowest BCUT2D eigenvalue weighted by Crippen LogP contribution is -2.03. The number of hydrogen-bond acceptors (Lipinski definition) is 6. The van der Waals surface area contributed by atoms with Crippen LogP contribution < -0.4 is 9.47 Å². The highest BCUT2D eigenvalue weighted by Crippen LogP contribution is 2.41. The molecule has 3 rings (SSSR count). The molecule has 0 fully saturated rings. The number of esters is 1. The van der Waals surface area contributed by atoms with Gasteiger partial charge in [-0.2, -0.15) is 0 Å². The fourth-order valence-corrected chi connectivity index (χ4v) is 3.83. The molecule has 0 N–H and O–H groups in total. The molecule has 1 aromatic heterocycles. The molecule has 124 valence electrons. The van der Waals surface area contributed by atoms with Gasteiger partial charge >= 0.3 is 5.97 Å². The first-order valence-corrected chi connectivity index (χ1v) is 8.49. The molecule has 3 aromatic rings. The van der Waals surface area contributed by atoms with Gasteiger partial charge in [0, 0.05) is 21.0 Å². The zero-order chi connectivity index (χ0) is 17.1. The molecule has 0 aliphatic heterocycles. The lowest BCUT2D eigenvalue weighted by molar-refractivity contribution is 0.0475. The van der Waals surface area contributed by atoms with Crippen molar-refractivity contribution in [3.05, 3.63) is 52.9 Å². The van der Waals surface area contributed by atoms with E-state index < -0.39 is 0 Å². The number of ether oxygens (including phenoxy) is 3. The molecule has 1 heterocycles. The highest BCUT2D eigenvalue weighted by atomic mass is 32.1. The van der Waals surface area contributed by atoms with Crippen molar-refractivity contribution in [3.63, 3.8) is 0 Å². The van der Waals surface area contributed by atoms with Crippen molar-refractivity contribution in [2.24, 2.45) is 0 Å². The summed E-state index contributed by atoms with van der Waals surface area (Å²) in [5, 5.41) is 0.840. The third kappa shape index (κ3) is 3.20. The number of methoxy groups -OCH3 is 2. The minimum atomic E-state index is -0.386. The number of hydrogen-bond donors (Lipinski definition) is 1. The van der Waals surface area contributed by atoms with E-state index in [0.29, 0.717) is 21.3 Å². The highest BCUT2D eigenvalue weighted by molar-refractivity contribution is 7.81. The number of fused-ring (bicyclic) bond motifs is 1. The number of carbonyl (C=O) groups excluding carboxylic acids is 1. The SMILES string of the molecule is COc1cc2sc(C(=O)OCc3ccccc3)c(S)c2cc1OC. The number of carbonyl (C=O) groups is 1. The van der Waals surface area contributed by atoms with Crippen LogP contribution in [0.1, 0.15) is 15.2 Å². The van der Waals surface area contributed by atoms with Crippen LogP contribution in [0.15, 0.2) is 47.4 Å². The maximum atomic E-state index is 12.4. The number of benzene rings is 2. The van der Waals surface area contributed by atoms with Crippen molar-refractivity contribution in [3.8, 4) is 11.5 Å². The summed E-state index contributed by atoms with van der Waals surface area (Å²) in [6.45, 7) is 0.230. The van der Waals surface area contributed by atoms with Gasteiger partial charge in [0.1, 0.15) is 11.5 Å².